The van der Waals surface area contributed by atoms with Crippen LogP contribution in [-0.4, -0.2) is 16.0 Å². The molecule has 1 fully saturated rings. The first kappa shape index (κ1) is 11.5. The van der Waals surface area contributed by atoms with Crippen molar-refractivity contribution in [3.63, 3.8) is 0 Å². The van der Waals surface area contributed by atoms with E-state index in [1.54, 1.807) is 0 Å². The minimum Gasteiger partial charge on any atom is -0.308 e. The molecule has 1 N–H and O–H groups in total. The molecule has 0 unspecified atom stereocenters. The van der Waals surface area contributed by atoms with Gasteiger partial charge in [-0.05, 0) is 25.8 Å². The van der Waals surface area contributed by atoms with Crippen LogP contribution in [0.15, 0.2) is 12.3 Å². The van der Waals surface area contributed by atoms with Gasteiger partial charge in [-0.2, -0.15) is 0 Å². The summed E-state index contributed by atoms with van der Waals surface area (Å²) in [5.74, 6) is 0.861. The molecule has 1 aromatic rings. The van der Waals surface area contributed by atoms with Crippen LogP contribution in [0.2, 0.25) is 0 Å². The molecule has 0 aliphatic heterocycles. The average Bonchev–Trinajstić information content (AvgIpc) is 2.55. The summed E-state index contributed by atoms with van der Waals surface area (Å²) in [4.78, 5) is 8.52. The lowest BCUT2D eigenvalue weighted by molar-refractivity contribution is 0.455. The smallest absolute Gasteiger partial charge is 0.125 e. The Morgan fingerprint density at radius 3 is 2.69 bits per heavy atom. The summed E-state index contributed by atoms with van der Waals surface area (Å²) in [5.41, 5.74) is 1.11. The van der Waals surface area contributed by atoms with Crippen molar-refractivity contribution in [3.8, 4) is 0 Å². The molecule has 1 aliphatic carbocycles. The van der Waals surface area contributed by atoms with E-state index in [2.05, 4.69) is 15.3 Å². The van der Waals surface area contributed by atoms with E-state index in [1.165, 1.54) is 38.5 Å². The van der Waals surface area contributed by atoms with Crippen molar-refractivity contribution in [1.29, 1.82) is 0 Å². The number of hydrogen-bond acceptors (Lipinski definition) is 3. The zero-order valence-corrected chi connectivity index (χ0v) is 10.1. The molecule has 1 saturated carbocycles. The van der Waals surface area contributed by atoms with Crippen molar-refractivity contribution in [1.82, 2.24) is 15.3 Å². The highest BCUT2D eigenvalue weighted by molar-refractivity contribution is 5.01. The minimum atomic E-state index is 0.692. The monoisotopic (exact) mass is 219 g/mol. The summed E-state index contributed by atoms with van der Waals surface area (Å²) in [7, 11) is 0. The summed E-state index contributed by atoms with van der Waals surface area (Å²) in [6.45, 7) is 2.82. The molecular formula is C13H21N3. The first-order valence-corrected chi connectivity index (χ1v) is 6.36. The van der Waals surface area contributed by atoms with Gasteiger partial charge in [0.2, 0.25) is 0 Å². The van der Waals surface area contributed by atoms with Crippen LogP contribution in [0.4, 0.5) is 0 Å². The third kappa shape index (κ3) is 3.56. The van der Waals surface area contributed by atoms with Crippen LogP contribution in [-0.2, 0) is 6.54 Å². The van der Waals surface area contributed by atoms with Gasteiger partial charge < -0.3 is 5.32 Å². The quantitative estimate of drug-likeness (QED) is 0.794. The number of nitrogens with one attached hydrogen (secondary N) is 1. The molecule has 16 heavy (non-hydrogen) atoms. The Balaban J connectivity index is 1.81. The standard InChI is InChI=1S/C13H21N3/c1-11-14-9-8-13(16-11)10-15-12-6-4-2-3-5-7-12/h8-9,12,15H,2-7,10H2,1H3. The molecule has 0 atom stereocenters. The molecule has 0 spiro atoms. The number of aromatic nitrogens is 2. The third-order valence-electron chi connectivity index (χ3n) is 3.26. The molecule has 88 valence electrons. The van der Waals surface area contributed by atoms with E-state index >= 15 is 0 Å². The molecule has 1 heterocycles. The molecule has 2 rings (SSSR count). The number of hydrogen-bond donors (Lipinski definition) is 1. The van der Waals surface area contributed by atoms with Gasteiger partial charge in [0.1, 0.15) is 5.82 Å². The Bertz CT molecular complexity index is 317. The highest BCUT2D eigenvalue weighted by Gasteiger charge is 2.11. The predicted molar refractivity (Wildman–Crippen MR) is 65.1 cm³/mol. The van der Waals surface area contributed by atoms with E-state index in [0.717, 1.165) is 18.1 Å². The molecule has 0 amide bonds. The Morgan fingerprint density at radius 2 is 2.00 bits per heavy atom. The molecule has 0 aromatic carbocycles. The predicted octanol–water partition coefficient (Wildman–Crippen LogP) is 2.60. The second-order valence-corrected chi connectivity index (χ2v) is 4.66. The maximum absolute atomic E-state index is 4.41. The van der Waals surface area contributed by atoms with Gasteiger partial charge in [-0.15, -0.1) is 0 Å². The van der Waals surface area contributed by atoms with Gasteiger partial charge >= 0.3 is 0 Å². The first-order chi connectivity index (χ1) is 7.84. The number of nitrogens with zero attached hydrogens (tertiary/aromatic N) is 2. The Morgan fingerprint density at radius 1 is 1.25 bits per heavy atom. The normalized spacial score (nSPS) is 18.3. The number of rotatable bonds is 3. The topological polar surface area (TPSA) is 37.8 Å². The van der Waals surface area contributed by atoms with Crippen molar-refractivity contribution in [2.45, 2.75) is 58.0 Å². The third-order valence-corrected chi connectivity index (χ3v) is 3.26. The van der Waals surface area contributed by atoms with Crippen molar-refractivity contribution in [2.24, 2.45) is 0 Å². The molecule has 1 aromatic heterocycles. The molecule has 1 aliphatic rings. The van der Waals surface area contributed by atoms with Crippen LogP contribution >= 0.6 is 0 Å². The van der Waals surface area contributed by atoms with Crippen LogP contribution < -0.4 is 5.32 Å². The fourth-order valence-corrected chi connectivity index (χ4v) is 2.34. The molecule has 3 heteroatoms. The van der Waals surface area contributed by atoms with Gasteiger partial charge in [-0.3, -0.25) is 0 Å². The molecule has 0 radical (unpaired) electrons. The fraction of sp³-hybridized carbons (Fsp3) is 0.692. The zero-order valence-electron chi connectivity index (χ0n) is 10.1. The van der Waals surface area contributed by atoms with Crippen LogP contribution in [0.5, 0.6) is 0 Å². The zero-order chi connectivity index (χ0) is 11.2. The van der Waals surface area contributed by atoms with Crippen LogP contribution in [0.25, 0.3) is 0 Å². The fourth-order valence-electron chi connectivity index (χ4n) is 2.34. The first-order valence-electron chi connectivity index (χ1n) is 6.36. The highest BCUT2D eigenvalue weighted by Crippen LogP contribution is 2.17. The van der Waals surface area contributed by atoms with Crippen LogP contribution in [0, 0.1) is 6.92 Å². The van der Waals surface area contributed by atoms with E-state index in [1.807, 2.05) is 19.2 Å². The van der Waals surface area contributed by atoms with Crippen LogP contribution in [0.1, 0.15) is 50.0 Å². The van der Waals surface area contributed by atoms with Crippen molar-refractivity contribution in [3.05, 3.63) is 23.8 Å². The maximum atomic E-state index is 4.41. The maximum Gasteiger partial charge on any atom is 0.125 e. The molecule has 0 saturated heterocycles. The lowest BCUT2D eigenvalue weighted by Crippen LogP contribution is -2.28. The summed E-state index contributed by atoms with van der Waals surface area (Å²) >= 11 is 0. The SMILES string of the molecule is Cc1nccc(CNC2CCCCCC2)n1. The summed E-state index contributed by atoms with van der Waals surface area (Å²) in [6, 6.07) is 2.69. The van der Waals surface area contributed by atoms with Crippen molar-refractivity contribution >= 4 is 0 Å². The second-order valence-electron chi connectivity index (χ2n) is 4.66. The van der Waals surface area contributed by atoms with Gasteiger partial charge in [0, 0.05) is 18.8 Å². The molecule has 3 nitrogen and oxygen atoms in total. The van der Waals surface area contributed by atoms with Crippen molar-refractivity contribution in [2.75, 3.05) is 0 Å². The molecule has 0 bridgehead atoms. The van der Waals surface area contributed by atoms with Gasteiger partial charge in [0.15, 0.2) is 0 Å². The Labute approximate surface area is 97.7 Å². The highest BCUT2D eigenvalue weighted by atomic mass is 14.9. The van der Waals surface area contributed by atoms with E-state index in [-0.39, 0.29) is 0 Å². The average molecular weight is 219 g/mol. The van der Waals surface area contributed by atoms with Gasteiger partial charge in [0.25, 0.3) is 0 Å². The number of aryl methyl sites for hydroxylation is 1. The molecular weight excluding hydrogens is 198 g/mol. The lowest BCUT2D eigenvalue weighted by Gasteiger charge is -2.15. The van der Waals surface area contributed by atoms with Gasteiger partial charge in [-0.1, -0.05) is 25.7 Å². The van der Waals surface area contributed by atoms with Crippen LogP contribution in [0.3, 0.4) is 0 Å². The van der Waals surface area contributed by atoms with E-state index < -0.39 is 0 Å². The Kier molecular flexibility index (Phi) is 4.28. The van der Waals surface area contributed by atoms with Gasteiger partial charge in [0.05, 0.1) is 5.69 Å². The summed E-state index contributed by atoms with van der Waals surface area (Å²) in [5, 5.41) is 3.61. The largest absolute Gasteiger partial charge is 0.308 e. The minimum absolute atomic E-state index is 0.692. The van der Waals surface area contributed by atoms with Crippen molar-refractivity contribution < 1.29 is 0 Å². The van der Waals surface area contributed by atoms with E-state index in [4.69, 9.17) is 0 Å². The Hall–Kier alpha value is -0.960. The lowest BCUT2D eigenvalue weighted by atomic mass is 10.1. The summed E-state index contributed by atoms with van der Waals surface area (Å²) < 4.78 is 0. The van der Waals surface area contributed by atoms with E-state index in [9.17, 15) is 0 Å². The summed E-state index contributed by atoms with van der Waals surface area (Å²) in [6.07, 6.45) is 10.1. The second kappa shape index (κ2) is 5.94. The van der Waals surface area contributed by atoms with Gasteiger partial charge in [-0.25, -0.2) is 9.97 Å². The van der Waals surface area contributed by atoms with E-state index in [0.29, 0.717) is 6.04 Å².